The molecule has 5 nitrogen and oxygen atoms in total. The van der Waals surface area contributed by atoms with Gasteiger partial charge in [-0.2, -0.15) is 5.10 Å². The Morgan fingerprint density at radius 1 is 1.25 bits per heavy atom. The standard InChI is InChI=1S/C18H18ClN3O2/c19-15-6-7-16-14(10-15)11-21-22(16)9-8-18(24)20-12-17(23)13-4-2-1-3-5-13/h1-7,10-11,17,23H,8-9,12H2,(H,20,24). The molecule has 6 heteroatoms. The number of amides is 1. The lowest BCUT2D eigenvalue weighted by Crippen LogP contribution is -2.29. The van der Waals surface area contributed by atoms with Gasteiger partial charge in [-0.25, -0.2) is 0 Å². The van der Waals surface area contributed by atoms with Crippen molar-refractivity contribution >= 4 is 28.4 Å². The average molecular weight is 344 g/mol. The lowest BCUT2D eigenvalue weighted by molar-refractivity contribution is -0.121. The quantitative estimate of drug-likeness (QED) is 0.723. The topological polar surface area (TPSA) is 67.2 Å². The Morgan fingerprint density at radius 2 is 2.04 bits per heavy atom. The Morgan fingerprint density at radius 3 is 2.83 bits per heavy atom. The third kappa shape index (κ3) is 3.93. The fourth-order valence-electron chi connectivity index (χ4n) is 2.54. The SMILES string of the molecule is O=C(CCn1ncc2cc(Cl)ccc21)NCC(O)c1ccccc1. The molecule has 2 aromatic carbocycles. The number of hydrogen-bond donors (Lipinski definition) is 2. The molecule has 0 fully saturated rings. The smallest absolute Gasteiger partial charge is 0.221 e. The third-order valence-electron chi connectivity index (χ3n) is 3.83. The fraction of sp³-hybridized carbons (Fsp3) is 0.222. The van der Waals surface area contributed by atoms with E-state index < -0.39 is 6.10 Å². The van der Waals surface area contributed by atoms with Crippen LogP contribution in [0.2, 0.25) is 5.02 Å². The van der Waals surface area contributed by atoms with Crippen LogP contribution in [0.5, 0.6) is 0 Å². The maximum Gasteiger partial charge on any atom is 0.221 e. The number of aliphatic hydroxyl groups is 1. The molecule has 1 unspecified atom stereocenters. The van der Waals surface area contributed by atoms with Gasteiger partial charge in [-0.05, 0) is 23.8 Å². The Bertz CT molecular complexity index is 833. The first-order valence-electron chi connectivity index (χ1n) is 7.74. The summed E-state index contributed by atoms with van der Waals surface area (Å²) in [5.41, 5.74) is 1.73. The summed E-state index contributed by atoms with van der Waals surface area (Å²) in [6, 6.07) is 14.8. The van der Waals surface area contributed by atoms with Gasteiger partial charge in [0.2, 0.25) is 5.91 Å². The number of fused-ring (bicyclic) bond motifs is 1. The number of carbonyl (C=O) groups is 1. The number of hydrogen-bond acceptors (Lipinski definition) is 3. The largest absolute Gasteiger partial charge is 0.387 e. The molecule has 0 aliphatic heterocycles. The molecule has 0 spiro atoms. The second-order valence-corrected chi connectivity index (χ2v) is 5.99. The van der Waals surface area contributed by atoms with Gasteiger partial charge in [0.1, 0.15) is 0 Å². The number of aryl methyl sites for hydroxylation is 1. The number of aliphatic hydroxyl groups excluding tert-OH is 1. The van der Waals surface area contributed by atoms with E-state index in [1.54, 1.807) is 16.9 Å². The van der Waals surface area contributed by atoms with E-state index in [-0.39, 0.29) is 12.5 Å². The van der Waals surface area contributed by atoms with Crippen LogP contribution in [-0.2, 0) is 11.3 Å². The van der Waals surface area contributed by atoms with Gasteiger partial charge >= 0.3 is 0 Å². The molecule has 0 saturated heterocycles. The van der Waals surface area contributed by atoms with Crippen LogP contribution in [0.15, 0.2) is 54.7 Å². The van der Waals surface area contributed by atoms with Crippen molar-refractivity contribution in [3.05, 3.63) is 65.3 Å². The summed E-state index contributed by atoms with van der Waals surface area (Å²) in [5, 5.41) is 18.7. The van der Waals surface area contributed by atoms with Gasteiger partial charge in [-0.3, -0.25) is 9.48 Å². The van der Waals surface area contributed by atoms with E-state index in [2.05, 4.69) is 10.4 Å². The zero-order valence-electron chi connectivity index (χ0n) is 13.0. The van der Waals surface area contributed by atoms with E-state index in [9.17, 15) is 9.90 Å². The first-order valence-corrected chi connectivity index (χ1v) is 8.12. The molecule has 2 N–H and O–H groups in total. The Kier molecular flexibility index (Phi) is 5.13. The molecule has 1 atom stereocenters. The van der Waals surface area contributed by atoms with Gasteiger partial charge in [0, 0.05) is 23.4 Å². The highest BCUT2D eigenvalue weighted by Crippen LogP contribution is 2.19. The van der Waals surface area contributed by atoms with Crippen molar-refractivity contribution in [2.45, 2.75) is 19.1 Å². The summed E-state index contributed by atoms with van der Waals surface area (Å²) in [6.07, 6.45) is 1.32. The second kappa shape index (κ2) is 7.47. The highest BCUT2D eigenvalue weighted by atomic mass is 35.5. The highest BCUT2D eigenvalue weighted by Gasteiger charge is 2.10. The number of halogens is 1. The van der Waals surface area contributed by atoms with Gasteiger partial charge < -0.3 is 10.4 Å². The second-order valence-electron chi connectivity index (χ2n) is 5.55. The lowest BCUT2D eigenvalue weighted by atomic mass is 10.1. The first kappa shape index (κ1) is 16.5. The van der Waals surface area contributed by atoms with Gasteiger partial charge in [0.05, 0.1) is 24.4 Å². The molecule has 0 aliphatic rings. The van der Waals surface area contributed by atoms with Crippen molar-refractivity contribution < 1.29 is 9.90 Å². The minimum atomic E-state index is -0.706. The Balaban J connectivity index is 1.52. The molecule has 1 heterocycles. The molecule has 24 heavy (non-hydrogen) atoms. The molecule has 3 rings (SSSR count). The first-order chi connectivity index (χ1) is 11.6. The number of benzene rings is 2. The minimum absolute atomic E-state index is 0.123. The van der Waals surface area contributed by atoms with E-state index >= 15 is 0 Å². The van der Waals surface area contributed by atoms with Crippen molar-refractivity contribution in [3.63, 3.8) is 0 Å². The van der Waals surface area contributed by atoms with E-state index in [4.69, 9.17) is 11.6 Å². The number of nitrogens with one attached hydrogen (secondary N) is 1. The number of aromatic nitrogens is 2. The summed E-state index contributed by atoms with van der Waals surface area (Å²) < 4.78 is 1.78. The summed E-state index contributed by atoms with van der Waals surface area (Å²) >= 11 is 5.95. The molecule has 0 saturated carbocycles. The predicted octanol–water partition coefficient (Wildman–Crippen LogP) is 2.93. The predicted molar refractivity (Wildman–Crippen MR) is 93.8 cm³/mol. The van der Waals surface area contributed by atoms with Crippen LogP contribution < -0.4 is 5.32 Å². The van der Waals surface area contributed by atoms with Gasteiger partial charge in [-0.1, -0.05) is 41.9 Å². The van der Waals surface area contributed by atoms with Crippen LogP contribution in [0, 0.1) is 0 Å². The van der Waals surface area contributed by atoms with Crippen molar-refractivity contribution in [2.24, 2.45) is 0 Å². The van der Waals surface area contributed by atoms with Crippen molar-refractivity contribution in [1.29, 1.82) is 0 Å². The Hall–Kier alpha value is -2.37. The van der Waals surface area contributed by atoms with E-state index in [0.29, 0.717) is 18.0 Å². The zero-order chi connectivity index (χ0) is 16.9. The van der Waals surface area contributed by atoms with Crippen LogP contribution >= 0.6 is 11.6 Å². The van der Waals surface area contributed by atoms with Crippen LogP contribution in [0.25, 0.3) is 10.9 Å². The third-order valence-corrected chi connectivity index (χ3v) is 4.07. The summed E-state index contributed by atoms with van der Waals surface area (Å²) in [7, 11) is 0. The number of carbonyl (C=O) groups excluding carboxylic acids is 1. The normalized spacial score (nSPS) is 12.2. The maximum absolute atomic E-state index is 12.0. The maximum atomic E-state index is 12.0. The molecule has 1 amide bonds. The van der Waals surface area contributed by atoms with E-state index in [1.807, 2.05) is 42.5 Å². The number of rotatable bonds is 6. The summed E-state index contributed by atoms with van der Waals surface area (Å²) in [6.45, 7) is 0.663. The van der Waals surface area contributed by atoms with Crippen molar-refractivity contribution in [2.75, 3.05) is 6.54 Å². The molecular weight excluding hydrogens is 326 g/mol. The summed E-state index contributed by atoms with van der Waals surface area (Å²) in [4.78, 5) is 12.0. The zero-order valence-corrected chi connectivity index (χ0v) is 13.8. The summed E-state index contributed by atoms with van der Waals surface area (Å²) in [5.74, 6) is -0.123. The van der Waals surface area contributed by atoms with Gasteiger partial charge in [0.15, 0.2) is 0 Å². The lowest BCUT2D eigenvalue weighted by Gasteiger charge is -2.12. The minimum Gasteiger partial charge on any atom is -0.387 e. The Labute approximate surface area is 144 Å². The van der Waals surface area contributed by atoms with Crippen LogP contribution in [0.3, 0.4) is 0 Å². The van der Waals surface area contributed by atoms with E-state index in [1.165, 1.54) is 0 Å². The van der Waals surface area contributed by atoms with Crippen LogP contribution in [0.1, 0.15) is 18.1 Å². The monoisotopic (exact) mass is 343 g/mol. The van der Waals surface area contributed by atoms with Gasteiger partial charge in [0.25, 0.3) is 0 Å². The number of nitrogens with zero attached hydrogens (tertiary/aromatic N) is 2. The molecule has 124 valence electrons. The fourth-order valence-corrected chi connectivity index (χ4v) is 2.72. The molecule has 0 bridgehead atoms. The highest BCUT2D eigenvalue weighted by molar-refractivity contribution is 6.31. The van der Waals surface area contributed by atoms with Crippen molar-refractivity contribution in [1.82, 2.24) is 15.1 Å². The van der Waals surface area contributed by atoms with Crippen LogP contribution in [-0.4, -0.2) is 27.3 Å². The molecular formula is C18H18ClN3O2. The molecule has 0 radical (unpaired) electrons. The van der Waals surface area contributed by atoms with Gasteiger partial charge in [-0.15, -0.1) is 0 Å². The molecule has 1 aromatic heterocycles. The van der Waals surface area contributed by atoms with E-state index in [0.717, 1.165) is 16.5 Å². The average Bonchev–Trinajstić information content (AvgIpc) is 3.00. The van der Waals surface area contributed by atoms with Crippen LogP contribution in [0.4, 0.5) is 0 Å². The van der Waals surface area contributed by atoms with Crippen molar-refractivity contribution in [3.8, 4) is 0 Å². The molecule has 3 aromatic rings. The molecule has 0 aliphatic carbocycles.